The molecule has 98 valence electrons. The first-order valence-electron chi connectivity index (χ1n) is 5.81. The van der Waals surface area contributed by atoms with Crippen molar-refractivity contribution in [1.29, 1.82) is 0 Å². The van der Waals surface area contributed by atoms with E-state index in [1.54, 1.807) is 0 Å². The number of hydrogen-bond donors (Lipinski definition) is 2. The Morgan fingerprint density at radius 3 is 2.24 bits per heavy atom. The van der Waals surface area contributed by atoms with Crippen LogP contribution >= 0.6 is 12.4 Å². The first-order valence-corrected chi connectivity index (χ1v) is 5.81. The smallest absolute Gasteiger partial charge is 0.0807 e. The molecule has 0 aliphatic carbocycles. The van der Waals surface area contributed by atoms with E-state index in [2.05, 4.69) is 20.8 Å². The van der Waals surface area contributed by atoms with Crippen molar-refractivity contribution >= 4 is 12.4 Å². The second kappa shape index (κ2) is 6.39. The Kier molecular flexibility index (Phi) is 6.17. The maximum Gasteiger partial charge on any atom is 0.0807 e. The van der Waals surface area contributed by atoms with Crippen LogP contribution in [-0.2, 0) is 0 Å². The zero-order valence-electron chi connectivity index (χ0n) is 11.1. The van der Waals surface area contributed by atoms with Gasteiger partial charge in [0.2, 0.25) is 0 Å². The van der Waals surface area contributed by atoms with Gasteiger partial charge in [0.05, 0.1) is 6.10 Å². The van der Waals surface area contributed by atoms with Gasteiger partial charge in [-0.25, -0.2) is 0 Å². The fourth-order valence-corrected chi connectivity index (χ4v) is 1.68. The molecule has 1 aromatic carbocycles. The minimum absolute atomic E-state index is 0. The van der Waals surface area contributed by atoms with Gasteiger partial charge >= 0.3 is 0 Å². The van der Waals surface area contributed by atoms with Gasteiger partial charge in [-0.15, -0.1) is 12.4 Å². The number of aliphatic hydroxyl groups is 1. The van der Waals surface area contributed by atoms with Gasteiger partial charge in [0.1, 0.15) is 0 Å². The van der Waals surface area contributed by atoms with E-state index in [9.17, 15) is 5.11 Å². The summed E-state index contributed by atoms with van der Waals surface area (Å²) in [5.74, 6) is 0. The van der Waals surface area contributed by atoms with Crippen LogP contribution in [0.3, 0.4) is 0 Å². The quantitative estimate of drug-likeness (QED) is 0.874. The van der Waals surface area contributed by atoms with E-state index in [4.69, 9.17) is 5.73 Å². The van der Waals surface area contributed by atoms with Gasteiger partial charge in [-0.1, -0.05) is 45.0 Å². The number of aryl methyl sites for hydroxylation is 1. The highest BCUT2D eigenvalue weighted by molar-refractivity contribution is 5.85. The summed E-state index contributed by atoms with van der Waals surface area (Å²) >= 11 is 0. The molecule has 0 aromatic heterocycles. The summed E-state index contributed by atoms with van der Waals surface area (Å²) in [5, 5.41) is 10.2. The van der Waals surface area contributed by atoms with E-state index in [1.807, 2.05) is 31.2 Å². The van der Waals surface area contributed by atoms with E-state index in [1.165, 1.54) is 0 Å². The molecule has 0 bridgehead atoms. The molecule has 0 unspecified atom stereocenters. The third-order valence-electron chi connectivity index (χ3n) is 3.14. The third-order valence-corrected chi connectivity index (χ3v) is 3.14. The van der Waals surface area contributed by atoms with Crippen LogP contribution in [0.2, 0.25) is 0 Å². The van der Waals surface area contributed by atoms with Crippen LogP contribution in [0, 0.1) is 12.3 Å². The monoisotopic (exact) mass is 257 g/mol. The Balaban J connectivity index is 0.00000256. The van der Waals surface area contributed by atoms with Crippen LogP contribution in [0.5, 0.6) is 0 Å². The van der Waals surface area contributed by atoms with Crippen LogP contribution in [-0.4, -0.2) is 11.1 Å². The molecule has 3 heteroatoms. The van der Waals surface area contributed by atoms with Crippen LogP contribution in [0.25, 0.3) is 0 Å². The lowest BCUT2D eigenvalue weighted by Crippen LogP contribution is -2.36. The lowest BCUT2D eigenvalue weighted by Gasteiger charge is -2.29. The lowest BCUT2D eigenvalue weighted by atomic mass is 9.83. The van der Waals surface area contributed by atoms with Gasteiger partial charge in [0, 0.05) is 6.04 Å². The van der Waals surface area contributed by atoms with Crippen LogP contribution in [0.15, 0.2) is 24.3 Å². The van der Waals surface area contributed by atoms with Gasteiger partial charge in [-0.3, -0.25) is 0 Å². The lowest BCUT2D eigenvalue weighted by molar-refractivity contribution is 0.133. The summed E-state index contributed by atoms with van der Waals surface area (Å²) < 4.78 is 0. The molecule has 2 atom stereocenters. The topological polar surface area (TPSA) is 46.2 Å². The Morgan fingerprint density at radius 2 is 1.76 bits per heavy atom. The molecule has 2 nitrogen and oxygen atoms in total. The Labute approximate surface area is 111 Å². The minimum Gasteiger partial charge on any atom is -0.388 e. The van der Waals surface area contributed by atoms with Gasteiger partial charge in [0.15, 0.2) is 0 Å². The van der Waals surface area contributed by atoms with Crippen molar-refractivity contribution in [2.45, 2.75) is 46.3 Å². The van der Waals surface area contributed by atoms with Crippen molar-refractivity contribution in [1.82, 2.24) is 0 Å². The third kappa shape index (κ3) is 4.66. The molecule has 0 amide bonds. The number of rotatable bonds is 3. The van der Waals surface area contributed by atoms with Crippen LogP contribution in [0.4, 0.5) is 0 Å². The molecule has 0 saturated carbocycles. The van der Waals surface area contributed by atoms with Gasteiger partial charge in [-0.2, -0.15) is 0 Å². The second-order valence-electron chi connectivity index (χ2n) is 5.58. The summed E-state index contributed by atoms with van der Waals surface area (Å²) in [6.45, 7) is 8.31. The summed E-state index contributed by atoms with van der Waals surface area (Å²) in [6.07, 6.45) is 0.143. The fourth-order valence-electron chi connectivity index (χ4n) is 1.68. The molecular formula is C14H24ClNO. The average molecular weight is 258 g/mol. The molecule has 0 aliphatic rings. The predicted molar refractivity (Wildman–Crippen MR) is 75.4 cm³/mol. The zero-order chi connectivity index (χ0) is 12.3. The Morgan fingerprint density at radius 1 is 1.24 bits per heavy atom. The summed E-state index contributed by atoms with van der Waals surface area (Å²) in [6, 6.07) is 7.92. The second-order valence-corrected chi connectivity index (χ2v) is 5.58. The molecule has 1 rings (SSSR count). The van der Waals surface area contributed by atoms with E-state index < -0.39 is 6.10 Å². The molecule has 17 heavy (non-hydrogen) atoms. The largest absolute Gasteiger partial charge is 0.388 e. The first-order chi connectivity index (χ1) is 7.32. The van der Waals surface area contributed by atoms with Crippen molar-refractivity contribution in [3.63, 3.8) is 0 Å². The van der Waals surface area contributed by atoms with Crippen molar-refractivity contribution in [2.75, 3.05) is 0 Å². The molecule has 0 heterocycles. The summed E-state index contributed by atoms with van der Waals surface area (Å²) in [7, 11) is 0. The number of benzene rings is 1. The van der Waals surface area contributed by atoms with Crippen molar-refractivity contribution in [3.8, 4) is 0 Å². The van der Waals surface area contributed by atoms with Gasteiger partial charge in [0.25, 0.3) is 0 Å². The average Bonchev–Trinajstić information content (AvgIpc) is 2.16. The molecule has 3 N–H and O–H groups in total. The molecule has 0 saturated heterocycles. The number of halogens is 1. The fraction of sp³-hybridized carbons (Fsp3) is 0.571. The molecule has 0 spiro atoms. The highest BCUT2D eigenvalue weighted by atomic mass is 35.5. The summed E-state index contributed by atoms with van der Waals surface area (Å²) in [4.78, 5) is 0. The normalized spacial score (nSPS) is 14.9. The Hall–Kier alpha value is -0.570. The number of hydrogen-bond acceptors (Lipinski definition) is 2. The van der Waals surface area contributed by atoms with Gasteiger partial charge in [-0.05, 0) is 29.9 Å². The van der Waals surface area contributed by atoms with Crippen LogP contribution in [0.1, 0.15) is 44.4 Å². The van der Waals surface area contributed by atoms with E-state index >= 15 is 0 Å². The maximum atomic E-state index is 10.2. The van der Waals surface area contributed by atoms with Gasteiger partial charge < -0.3 is 10.8 Å². The number of nitrogens with two attached hydrogens (primary N) is 1. The number of aliphatic hydroxyl groups excluding tert-OH is 1. The zero-order valence-corrected chi connectivity index (χ0v) is 11.9. The van der Waals surface area contributed by atoms with E-state index in [0.29, 0.717) is 6.42 Å². The predicted octanol–water partition coefficient (Wildman–Crippen LogP) is 3.21. The van der Waals surface area contributed by atoms with Crippen LogP contribution < -0.4 is 5.73 Å². The maximum absolute atomic E-state index is 10.2. The molecule has 0 fully saturated rings. The Bertz CT molecular complexity index is 346. The van der Waals surface area contributed by atoms with E-state index in [0.717, 1.165) is 11.1 Å². The van der Waals surface area contributed by atoms with Crippen molar-refractivity contribution in [2.24, 2.45) is 11.1 Å². The molecular weight excluding hydrogens is 234 g/mol. The SMILES string of the molecule is Cc1ccccc1[C@@H](O)C[C@H](N)C(C)(C)C.Cl. The minimum atomic E-state index is -0.463. The highest BCUT2D eigenvalue weighted by Crippen LogP contribution is 2.27. The van der Waals surface area contributed by atoms with Crippen molar-refractivity contribution < 1.29 is 5.11 Å². The molecule has 0 aliphatic heterocycles. The van der Waals surface area contributed by atoms with Crippen molar-refractivity contribution in [3.05, 3.63) is 35.4 Å². The standard InChI is InChI=1S/C14H23NO.ClH/c1-10-7-5-6-8-11(10)12(16)9-13(15)14(2,3)4;/h5-8,12-13,16H,9,15H2,1-4H3;1H/t12-,13-;/m0./s1. The highest BCUT2D eigenvalue weighted by Gasteiger charge is 2.24. The summed E-state index contributed by atoms with van der Waals surface area (Å²) in [5.41, 5.74) is 8.22. The molecule has 1 aromatic rings. The molecule has 0 radical (unpaired) electrons. The first kappa shape index (κ1) is 16.4. The van der Waals surface area contributed by atoms with E-state index in [-0.39, 0.29) is 23.9 Å².